The van der Waals surface area contributed by atoms with Gasteiger partial charge in [-0.1, -0.05) is 33.1 Å². The summed E-state index contributed by atoms with van der Waals surface area (Å²) in [6.07, 6.45) is 3.10. The highest BCUT2D eigenvalue weighted by atomic mass is 16.5. The fraction of sp³-hybridized carbons (Fsp3) is 1.00. The van der Waals surface area contributed by atoms with E-state index in [1.165, 1.54) is 0 Å². The lowest BCUT2D eigenvalue weighted by atomic mass is 9.96. The van der Waals surface area contributed by atoms with Crippen molar-refractivity contribution >= 4 is 0 Å². The molecule has 0 aromatic heterocycles. The Kier molecular flexibility index (Phi) is 7.87. The zero-order valence-corrected chi connectivity index (χ0v) is 12.1. The Morgan fingerprint density at radius 3 is 2.47 bits per heavy atom. The van der Waals surface area contributed by atoms with Gasteiger partial charge in [-0.15, -0.1) is 0 Å². The molecule has 0 aliphatic carbocycles. The summed E-state index contributed by atoms with van der Waals surface area (Å²) in [5, 5.41) is 32.0. The van der Waals surface area contributed by atoms with E-state index in [-0.39, 0.29) is 12.7 Å². The highest BCUT2D eigenvalue weighted by molar-refractivity contribution is 4.93. The topological polar surface area (TPSA) is 82.0 Å². The smallest absolute Gasteiger partial charge is 0.109 e. The highest BCUT2D eigenvalue weighted by Crippen LogP contribution is 2.19. The quantitative estimate of drug-likeness (QED) is 0.516. The third-order valence-corrected chi connectivity index (χ3v) is 3.78. The van der Waals surface area contributed by atoms with E-state index in [0.717, 1.165) is 32.1 Å². The number of unbranched alkanes of at least 4 members (excludes halogenated alkanes) is 1. The van der Waals surface area contributed by atoms with E-state index in [1.807, 2.05) is 0 Å². The Labute approximate surface area is 116 Å². The molecule has 0 spiro atoms. The molecule has 0 saturated carbocycles. The van der Waals surface area contributed by atoms with Crippen molar-refractivity contribution < 1.29 is 20.1 Å². The summed E-state index contributed by atoms with van der Waals surface area (Å²) < 4.78 is 5.96. The monoisotopic (exact) mass is 275 g/mol. The van der Waals surface area contributed by atoms with Crippen molar-refractivity contribution in [3.63, 3.8) is 0 Å². The van der Waals surface area contributed by atoms with Crippen molar-refractivity contribution in [3.05, 3.63) is 0 Å². The Morgan fingerprint density at radius 2 is 1.89 bits per heavy atom. The highest BCUT2D eigenvalue weighted by Gasteiger charge is 2.38. The van der Waals surface area contributed by atoms with E-state index < -0.39 is 24.4 Å². The van der Waals surface area contributed by atoms with Crippen LogP contribution < -0.4 is 5.32 Å². The van der Waals surface area contributed by atoms with Crippen LogP contribution in [0.2, 0.25) is 0 Å². The lowest BCUT2D eigenvalue weighted by Gasteiger charge is -2.39. The maximum Gasteiger partial charge on any atom is 0.109 e. The van der Waals surface area contributed by atoms with Gasteiger partial charge in [0.25, 0.3) is 0 Å². The summed E-state index contributed by atoms with van der Waals surface area (Å²) in [4.78, 5) is 0. The van der Waals surface area contributed by atoms with Crippen LogP contribution in [0.5, 0.6) is 0 Å². The van der Waals surface area contributed by atoms with Crippen molar-refractivity contribution in [3.8, 4) is 0 Å². The van der Waals surface area contributed by atoms with Gasteiger partial charge in [0.1, 0.15) is 6.10 Å². The molecular formula is C14H29NO4. The summed E-state index contributed by atoms with van der Waals surface area (Å²) in [6, 6.07) is -0.463. The van der Waals surface area contributed by atoms with Crippen molar-refractivity contribution in [1.82, 2.24) is 5.32 Å². The maximum atomic E-state index is 10.1. The zero-order chi connectivity index (χ0) is 14.3. The van der Waals surface area contributed by atoms with Crippen LogP contribution >= 0.6 is 0 Å². The predicted molar refractivity (Wildman–Crippen MR) is 74.0 cm³/mol. The number of rotatable bonds is 8. The first-order valence-corrected chi connectivity index (χ1v) is 7.49. The van der Waals surface area contributed by atoms with Gasteiger partial charge in [-0.2, -0.15) is 0 Å². The van der Waals surface area contributed by atoms with Gasteiger partial charge in [-0.05, 0) is 12.8 Å². The molecule has 0 aromatic carbocycles. The molecular weight excluding hydrogens is 246 g/mol. The SMILES string of the molecule is CCCCC(CCC)O[C@H]1CNC(CO)[C@@H](O)[C@@H]1O. The van der Waals surface area contributed by atoms with E-state index in [2.05, 4.69) is 19.2 Å². The standard InChI is InChI=1S/C14H29NO4/c1-3-5-7-10(6-4-2)19-12-8-15-11(9-16)13(17)14(12)18/h10-18H,3-9H2,1-2H3/t10?,11?,12-,13+,14+/m0/s1. The fourth-order valence-corrected chi connectivity index (χ4v) is 2.55. The molecule has 5 nitrogen and oxygen atoms in total. The lowest BCUT2D eigenvalue weighted by molar-refractivity contribution is -0.145. The third-order valence-electron chi connectivity index (χ3n) is 3.78. The fourth-order valence-electron chi connectivity index (χ4n) is 2.55. The van der Waals surface area contributed by atoms with Crippen molar-refractivity contribution in [2.45, 2.75) is 76.4 Å². The molecule has 0 bridgehead atoms. The number of aliphatic hydroxyl groups excluding tert-OH is 3. The first kappa shape index (κ1) is 16.9. The maximum absolute atomic E-state index is 10.1. The summed E-state index contributed by atoms with van der Waals surface area (Å²) >= 11 is 0. The first-order chi connectivity index (χ1) is 9.13. The average molecular weight is 275 g/mol. The number of piperidine rings is 1. The molecule has 1 aliphatic heterocycles. The molecule has 0 aromatic rings. The predicted octanol–water partition coefficient (Wildman–Crippen LogP) is 0.416. The molecule has 0 amide bonds. The molecule has 1 saturated heterocycles. The molecule has 1 fully saturated rings. The number of ether oxygens (including phenoxy) is 1. The van der Waals surface area contributed by atoms with Crippen LogP contribution in [0.15, 0.2) is 0 Å². The summed E-state index contributed by atoms with van der Waals surface area (Å²) in [5.41, 5.74) is 0. The van der Waals surface area contributed by atoms with Crippen molar-refractivity contribution in [1.29, 1.82) is 0 Å². The Balaban J connectivity index is 2.49. The largest absolute Gasteiger partial charge is 0.395 e. The molecule has 1 rings (SSSR count). The second kappa shape index (κ2) is 8.87. The van der Waals surface area contributed by atoms with Crippen LogP contribution in [-0.4, -0.2) is 58.9 Å². The molecule has 4 N–H and O–H groups in total. The summed E-state index contributed by atoms with van der Waals surface area (Å²) in [7, 11) is 0. The molecule has 114 valence electrons. The van der Waals surface area contributed by atoms with E-state index in [9.17, 15) is 10.2 Å². The van der Waals surface area contributed by atoms with Crippen LogP contribution in [0.25, 0.3) is 0 Å². The molecule has 5 heteroatoms. The molecule has 19 heavy (non-hydrogen) atoms. The van der Waals surface area contributed by atoms with Gasteiger partial charge >= 0.3 is 0 Å². The van der Waals surface area contributed by atoms with Crippen molar-refractivity contribution in [2.24, 2.45) is 0 Å². The van der Waals surface area contributed by atoms with Gasteiger partial charge in [0.2, 0.25) is 0 Å². The normalized spacial score (nSPS) is 33.3. The summed E-state index contributed by atoms with van der Waals surface area (Å²) in [5.74, 6) is 0. The third kappa shape index (κ3) is 5.00. The van der Waals surface area contributed by atoms with E-state index in [4.69, 9.17) is 9.84 Å². The molecule has 2 unspecified atom stereocenters. The second-order valence-electron chi connectivity index (χ2n) is 5.41. The Morgan fingerprint density at radius 1 is 1.16 bits per heavy atom. The Hall–Kier alpha value is -0.200. The van der Waals surface area contributed by atoms with Crippen LogP contribution in [0, 0.1) is 0 Å². The summed E-state index contributed by atoms with van der Waals surface area (Å²) in [6.45, 7) is 4.55. The average Bonchev–Trinajstić information content (AvgIpc) is 2.41. The van der Waals surface area contributed by atoms with Crippen molar-refractivity contribution in [2.75, 3.05) is 13.2 Å². The van der Waals surface area contributed by atoms with Gasteiger partial charge in [-0.25, -0.2) is 0 Å². The van der Waals surface area contributed by atoms with E-state index >= 15 is 0 Å². The van der Waals surface area contributed by atoms with Gasteiger partial charge in [0.15, 0.2) is 0 Å². The minimum Gasteiger partial charge on any atom is -0.395 e. The lowest BCUT2D eigenvalue weighted by Crippen LogP contribution is -2.62. The molecule has 1 aliphatic rings. The zero-order valence-electron chi connectivity index (χ0n) is 12.1. The molecule has 1 heterocycles. The first-order valence-electron chi connectivity index (χ1n) is 7.49. The van der Waals surface area contributed by atoms with Crippen LogP contribution in [0.4, 0.5) is 0 Å². The number of aliphatic hydroxyl groups is 3. The van der Waals surface area contributed by atoms with Crippen LogP contribution in [-0.2, 0) is 4.74 Å². The minimum absolute atomic E-state index is 0.143. The van der Waals surface area contributed by atoms with Gasteiger partial charge in [-0.3, -0.25) is 0 Å². The van der Waals surface area contributed by atoms with Crippen LogP contribution in [0.1, 0.15) is 46.0 Å². The van der Waals surface area contributed by atoms with Gasteiger partial charge in [0, 0.05) is 6.54 Å². The molecule has 5 atom stereocenters. The van der Waals surface area contributed by atoms with Gasteiger partial charge < -0.3 is 25.4 Å². The van der Waals surface area contributed by atoms with E-state index in [0.29, 0.717) is 6.54 Å². The molecule has 0 radical (unpaired) electrons. The number of nitrogens with one attached hydrogen (secondary N) is 1. The van der Waals surface area contributed by atoms with Gasteiger partial charge in [0.05, 0.1) is 31.0 Å². The second-order valence-corrected chi connectivity index (χ2v) is 5.41. The Bertz CT molecular complexity index is 239. The van der Waals surface area contributed by atoms with E-state index in [1.54, 1.807) is 0 Å². The minimum atomic E-state index is -0.975. The van der Waals surface area contributed by atoms with Crippen LogP contribution in [0.3, 0.4) is 0 Å². The number of hydrogen-bond donors (Lipinski definition) is 4. The number of hydrogen-bond acceptors (Lipinski definition) is 5.